The van der Waals surface area contributed by atoms with E-state index in [0.29, 0.717) is 22.1 Å². The number of aromatic nitrogens is 1. The fourth-order valence-corrected chi connectivity index (χ4v) is 3.59. The van der Waals surface area contributed by atoms with E-state index < -0.39 is 0 Å². The number of benzene rings is 4. The largest absolute Gasteiger partial charge is 0.399 e. The van der Waals surface area contributed by atoms with Crippen LogP contribution in [0.5, 0.6) is 0 Å². The van der Waals surface area contributed by atoms with E-state index in [2.05, 4.69) is 15.6 Å². The molecule has 31 heavy (non-hydrogen) atoms. The Hall–Kier alpha value is -4.45. The van der Waals surface area contributed by atoms with Crippen LogP contribution < -0.4 is 27.5 Å². The molecular formula is C25H21N5O. The predicted molar refractivity (Wildman–Crippen MR) is 130 cm³/mol. The number of nitrogen functional groups attached to an aromatic ring is 2. The molecule has 0 amide bonds. The Balaban J connectivity index is 1.53. The van der Waals surface area contributed by atoms with Gasteiger partial charge < -0.3 is 27.1 Å². The molecule has 0 atom stereocenters. The van der Waals surface area contributed by atoms with Crippen LogP contribution in [0.25, 0.3) is 21.8 Å². The average Bonchev–Trinajstić information content (AvgIpc) is 2.78. The zero-order valence-electron chi connectivity index (χ0n) is 16.6. The van der Waals surface area contributed by atoms with Gasteiger partial charge in [-0.05, 0) is 84.9 Å². The second-order valence-electron chi connectivity index (χ2n) is 7.47. The minimum absolute atomic E-state index is 0.0225. The molecule has 6 heteroatoms. The molecule has 0 aliphatic carbocycles. The molecule has 6 nitrogen and oxygen atoms in total. The Morgan fingerprint density at radius 3 is 1.35 bits per heavy atom. The van der Waals surface area contributed by atoms with Crippen LogP contribution in [-0.4, -0.2) is 4.98 Å². The van der Waals surface area contributed by atoms with Crippen LogP contribution >= 0.6 is 0 Å². The molecule has 0 spiro atoms. The van der Waals surface area contributed by atoms with E-state index in [1.165, 1.54) is 0 Å². The molecule has 0 unspecified atom stereocenters. The molecule has 0 radical (unpaired) electrons. The van der Waals surface area contributed by atoms with E-state index in [0.717, 1.165) is 33.8 Å². The maximum atomic E-state index is 13.3. The van der Waals surface area contributed by atoms with Gasteiger partial charge in [0.05, 0.1) is 0 Å². The molecular weight excluding hydrogens is 386 g/mol. The highest BCUT2D eigenvalue weighted by Gasteiger charge is 2.08. The van der Waals surface area contributed by atoms with E-state index in [1.54, 1.807) is 0 Å². The highest BCUT2D eigenvalue weighted by atomic mass is 16.1. The van der Waals surface area contributed by atoms with Crippen molar-refractivity contribution in [1.29, 1.82) is 0 Å². The van der Waals surface area contributed by atoms with Gasteiger partial charge in [0, 0.05) is 55.9 Å². The topological polar surface area (TPSA) is 109 Å². The summed E-state index contributed by atoms with van der Waals surface area (Å²) in [6.07, 6.45) is 0. The van der Waals surface area contributed by atoms with Crippen molar-refractivity contribution in [2.24, 2.45) is 0 Å². The Bertz CT molecular complexity index is 1350. The Kier molecular flexibility index (Phi) is 4.45. The Labute approximate surface area is 178 Å². The molecule has 4 aromatic carbocycles. The normalized spacial score (nSPS) is 11.0. The summed E-state index contributed by atoms with van der Waals surface area (Å²) in [5, 5.41) is 7.88. The molecule has 1 heterocycles. The summed E-state index contributed by atoms with van der Waals surface area (Å²) in [7, 11) is 0. The zero-order valence-corrected chi connectivity index (χ0v) is 16.6. The third-order valence-corrected chi connectivity index (χ3v) is 5.20. The Morgan fingerprint density at radius 2 is 0.935 bits per heavy atom. The summed E-state index contributed by atoms with van der Waals surface area (Å²) in [6, 6.07) is 26.4. The van der Waals surface area contributed by atoms with Crippen LogP contribution in [0.3, 0.4) is 0 Å². The lowest BCUT2D eigenvalue weighted by Gasteiger charge is -2.10. The molecule has 0 aliphatic heterocycles. The van der Waals surface area contributed by atoms with Crippen molar-refractivity contribution >= 4 is 55.9 Å². The molecule has 0 bridgehead atoms. The fraction of sp³-hybridized carbons (Fsp3) is 0. The third kappa shape index (κ3) is 3.74. The summed E-state index contributed by atoms with van der Waals surface area (Å²) in [6.45, 7) is 0. The highest BCUT2D eigenvalue weighted by Crippen LogP contribution is 2.25. The molecule has 0 fully saturated rings. The summed E-state index contributed by atoms with van der Waals surface area (Å²) >= 11 is 0. The van der Waals surface area contributed by atoms with Crippen molar-refractivity contribution in [3.8, 4) is 0 Å². The van der Waals surface area contributed by atoms with Crippen LogP contribution in [0.2, 0.25) is 0 Å². The van der Waals surface area contributed by atoms with Gasteiger partial charge in [-0.15, -0.1) is 0 Å². The van der Waals surface area contributed by atoms with Crippen molar-refractivity contribution in [1.82, 2.24) is 4.98 Å². The number of fused-ring (bicyclic) bond motifs is 2. The number of H-pyrrole nitrogens is 1. The first-order chi connectivity index (χ1) is 15.0. The number of nitrogens with one attached hydrogen (secondary N) is 3. The first-order valence-corrected chi connectivity index (χ1v) is 9.90. The smallest absolute Gasteiger partial charge is 0.197 e. The Morgan fingerprint density at radius 1 is 0.548 bits per heavy atom. The van der Waals surface area contributed by atoms with Gasteiger partial charge in [-0.3, -0.25) is 4.79 Å². The number of hydrogen-bond acceptors (Lipinski definition) is 5. The highest BCUT2D eigenvalue weighted by molar-refractivity contribution is 5.95. The second-order valence-corrected chi connectivity index (χ2v) is 7.47. The van der Waals surface area contributed by atoms with E-state index in [-0.39, 0.29) is 5.43 Å². The van der Waals surface area contributed by atoms with Crippen LogP contribution in [0.1, 0.15) is 0 Å². The zero-order chi connectivity index (χ0) is 21.4. The first kappa shape index (κ1) is 18.6. The third-order valence-electron chi connectivity index (χ3n) is 5.20. The quantitative estimate of drug-likeness (QED) is 0.204. The average molecular weight is 407 g/mol. The van der Waals surface area contributed by atoms with Gasteiger partial charge in [-0.1, -0.05) is 0 Å². The van der Waals surface area contributed by atoms with E-state index in [1.807, 2.05) is 84.9 Å². The van der Waals surface area contributed by atoms with Gasteiger partial charge >= 0.3 is 0 Å². The summed E-state index contributed by atoms with van der Waals surface area (Å²) in [5.41, 5.74) is 17.9. The van der Waals surface area contributed by atoms with E-state index >= 15 is 0 Å². The summed E-state index contributed by atoms with van der Waals surface area (Å²) in [5.74, 6) is 0. The van der Waals surface area contributed by atoms with Crippen molar-refractivity contribution in [3.05, 3.63) is 95.2 Å². The van der Waals surface area contributed by atoms with Crippen LogP contribution in [0.15, 0.2) is 89.7 Å². The van der Waals surface area contributed by atoms with Crippen LogP contribution in [0.4, 0.5) is 34.1 Å². The lowest BCUT2D eigenvalue weighted by molar-refractivity contribution is 1.46. The fourth-order valence-electron chi connectivity index (χ4n) is 3.59. The number of nitrogens with two attached hydrogens (primary N) is 2. The number of pyridine rings is 1. The van der Waals surface area contributed by atoms with Gasteiger partial charge in [0.25, 0.3) is 0 Å². The van der Waals surface area contributed by atoms with E-state index in [4.69, 9.17) is 11.5 Å². The van der Waals surface area contributed by atoms with Gasteiger partial charge in [-0.2, -0.15) is 0 Å². The second kappa shape index (κ2) is 7.42. The molecule has 0 saturated carbocycles. The van der Waals surface area contributed by atoms with Crippen molar-refractivity contribution in [2.75, 3.05) is 22.1 Å². The monoisotopic (exact) mass is 407 g/mol. The van der Waals surface area contributed by atoms with Crippen LogP contribution in [0, 0.1) is 0 Å². The standard InChI is InChI=1S/C25H21N5O/c26-15-1-5-17(6-2-15)28-19-9-11-23-21(13-19)25(31)22-14-20(10-12-24(22)30-23)29-18-7-3-16(27)4-8-18/h1-14,28-29H,26-27H2,(H,30,31). The molecule has 7 N–H and O–H groups in total. The maximum Gasteiger partial charge on any atom is 0.197 e. The molecule has 152 valence electrons. The lowest BCUT2D eigenvalue weighted by Crippen LogP contribution is -2.05. The maximum absolute atomic E-state index is 13.3. The van der Waals surface area contributed by atoms with Gasteiger partial charge in [0.2, 0.25) is 0 Å². The lowest BCUT2D eigenvalue weighted by atomic mass is 10.1. The molecule has 5 rings (SSSR count). The van der Waals surface area contributed by atoms with Crippen molar-refractivity contribution in [3.63, 3.8) is 0 Å². The number of anilines is 6. The van der Waals surface area contributed by atoms with Gasteiger partial charge in [-0.25, -0.2) is 0 Å². The minimum Gasteiger partial charge on any atom is -0.399 e. The molecule has 0 aliphatic rings. The summed E-state index contributed by atoms with van der Waals surface area (Å²) in [4.78, 5) is 16.6. The number of rotatable bonds is 4. The van der Waals surface area contributed by atoms with Gasteiger partial charge in [0.15, 0.2) is 5.43 Å². The number of hydrogen-bond donors (Lipinski definition) is 5. The first-order valence-electron chi connectivity index (χ1n) is 9.90. The van der Waals surface area contributed by atoms with E-state index in [9.17, 15) is 4.79 Å². The molecule has 5 aromatic rings. The summed E-state index contributed by atoms with van der Waals surface area (Å²) < 4.78 is 0. The minimum atomic E-state index is -0.0225. The SMILES string of the molecule is Nc1ccc(Nc2ccc3[nH]c4ccc(Nc5ccc(N)cc5)cc4c(=O)c3c2)cc1. The van der Waals surface area contributed by atoms with Crippen molar-refractivity contribution in [2.45, 2.75) is 0 Å². The molecule has 1 aromatic heterocycles. The van der Waals surface area contributed by atoms with Crippen molar-refractivity contribution < 1.29 is 0 Å². The van der Waals surface area contributed by atoms with Crippen LogP contribution in [-0.2, 0) is 0 Å². The number of aromatic amines is 1. The molecule has 0 saturated heterocycles. The van der Waals surface area contributed by atoms with Gasteiger partial charge in [0.1, 0.15) is 0 Å². The predicted octanol–water partition coefficient (Wildman–Crippen LogP) is 5.33.